The highest BCUT2D eigenvalue weighted by molar-refractivity contribution is 5.85. The van der Waals surface area contributed by atoms with Crippen LogP contribution in [0.1, 0.15) is 25.7 Å². The number of carbonyl (C=O) groups excluding carboxylic acids is 1. The lowest BCUT2D eigenvalue weighted by Crippen LogP contribution is -2.46. The molecule has 6 heteroatoms. The van der Waals surface area contributed by atoms with E-state index in [2.05, 4.69) is 10.00 Å². The third-order valence-electron chi connectivity index (χ3n) is 5.68. The molecule has 0 bridgehead atoms. The molecular weight excluding hydrogens is 342 g/mol. The monoisotopic (exact) mass is 369 g/mol. The van der Waals surface area contributed by atoms with Crippen molar-refractivity contribution in [3.63, 3.8) is 0 Å². The Morgan fingerprint density at radius 1 is 1.26 bits per heavy atom. The maximum absolute atomic E-state index is 13.1. The van der Waals surface area contributed by atoms with E-state index in [-0.39, 0.29) is 5.41 Å². The van der Waals surface area contributed by atoms with Crippen LogP contribution in [0.5, 0.6) is 11.5 Å². The maximum Gasteiger partial charge on any atom is 0.230 e. The molecule has 2 aromatic rings. The third kappa shape index (κ3) is 4.10. The summed E-state index contributed by atoms with van der Waals surface area (Å²) in [6, 6.07) is 9.56. The van der Waals surface area contributed by atoms with E-state index in [1.807, 2.05) is 41.2 Å². The average molecular weight is 369 g/mol. The Morgan fingerprint density at radius 2 is 2.04 bits per heavy atom. The van der Waals surface area contributed by atoms with E-state index in [1.54, 1.807) is 13.3 Å². The van der Waals surface area contributed by atoms with Gasteiger partial charge in [0.1, 0.15) is 11.5 Å². The van der Waals surface area contributed by atoms with Crippen LogP contribution in [-0.4, -0.2) is 47.4 Å². The van der Waals surface area contributed by atoms with Gasteiger partial charge in [-0.15, -0.1) is 0 Å². The quantitative estimate of drug-likeness (QED) is 0.753. The SMILES string of the molecule is COc1ccc(OC[C@@H]2CCCN(C(=O)C3(Cn4cccn4)CC3)C2)cc1. The Morgan fingerprint density at radius 3 is 2.70 bits per heavy atom. The van der Waals surface area contributed by atoms with Crippen molar-refractivity contribution in [2.24, 2.45) is 11.3 Å². The van der Waals surface area contributed by atoms with Gasteiger partial charge in [0.15, 0.2) is 0 Å². The molecule has 1 atom stereocenters. The fraction of sp³-hybridized carbons (Fsp3) is 0.524. The second-order valence-corrected chi connectivity index (χ2v) is 7.73. The minimum absolute atomic E-state index is 0.231. The molecule has 27 heavy (non-hydrogen) atoms. The number of benzene rings is 1. The topological polar surface area (TPSA) is 56.6 Å². The van der Waals surface area contributed by atoms with Crippen molar-refractivity contribution in [1.29, 1.82) is 0 Å². The maximum atomic E-state index is 13.1. The van der Waals surface area contributed by atoms with Gasteiger partial charge in [-0.25, -0.2) is 0 Å². The number of piperidine rings is 1. The molecular formula is C21H27N3O3. The molecule has 0 N–H and O–H groups in total. The molecule has 1 aliphatic heterocycles. The van der Waals surface area contributed by atoms with Crippen LogP contribution in [0.4, 0.5) is 0 Å². The van der Waals surface area contributed by atoms with Crippen LogP contribution in [0.3, 0.4) is 0 Å². The molecule has 1 aromatic carbocycles. The van der Waals surface area contributed by atoms with Gasteiger partial charge in [-0.05, 0) is 56.0 Å². The zero-order valence-electron chi connectivity index (χ0n) is 15.8. The number of hydrogen-bond acceptors (Lipinski definition) is 4. The summed E-state index contributed by atoms with van der Waals surface area (Å²) in [6.45, 7) is 2.99. The van der Waals surface area contributed by atoms with Crippen LogP contribution >= 0.6 is 0 Å². The van der Waals surface area contributed by atoms with E-state index in [0.717, 1.165) is 50.3 Å². The van der Waals surface area contributed by atoms with Crippen LogP contribution in [0.2, 0.25) is 0 Å². The Kier molecular flexibility index (Phi) is 5.05. The van der Waals surface area contributed by atoms with Gasteiger partial charge in [0.25, 0.3) is 0 Å². The van der Waals surface area contributed by atoms with Crippen LogP contribution in [0.15, 0.2) is 42.7 Å². The molecule has 1 amide bonds. The summed E-state index contributed by atoms with van der Waals surface area (Å²) in [6.07, 6.45) is 7.79. The van der Waals surface area contributed by atoms with Crippen molar-refractivity contribution in [2.45, 2.75) is 32.2 Å². The van der Waals surface area contributed by atoms with Gasteiger partial charge in [0.05, 0.1) is 25.7 Å². The molecule has 1 saturated heterocycles. The van der Waals surface area contributed by atoms with E-state index in [0.29, 0.717) is 25.0 Å². The number of ether oxygens (including phenoxy) is 2. The van der Waals surface area contributed by atoms with E-state index in [4.69, 9.17) is 9.47 Å². The molecule has 0 spiro atoms. The fourth-order valence-electron chi connectivity index (χ4n) is 3.90. The molecule has 0 unspecified atom stereocenters. The van der Waals surface area contributed by atoms with Gasteiger partial charge in [0, 0.05) is 31.4 Å². The minimum Gasteiger partial charge on any atom is -0.497 e. The highest BCUT2D eigenvalue weighted by atomic mass is 16.5. The van der Waals surface area contributed by atoms with E-state index in [9.17, 15) is 4.79 Å². The first-order chi connectivity index (χ1) is 13.2. The number of methoxy groups -OCH3 is 1. The van der Waals surface area contributed by atoms with E-state index in [1.165, 1.54) is 0 Å². The van der Waals surface area contributed by atoms with Gasteiger partial charge in [-0.1, -0.05) is 0 Å². The zero-order chi connectivity index (χ0) is 18.7. The van der Waals surface area contributed by atoms with Crippen molar-refractivity contribution in [1.82, 2.24) is 14.7 Å². The van der Waals surface area contributed by atoms with Gasteiger partial charge >= 0.3 is 0 Å². The first-order valence-electron chi connectivity index (χ1n) is 9.72. The molecule has 4 rings (SSSR count). The van der Waals surface area contributed by atoms with Crippen LogP contribution in [-0.2, 0) is 11.3 Å². The molecule has 2 aliphatic rings. The second kappa shape index (κ2) is 7.62. The standard InChI is InChI=1S/C21H27N3O3/c1-26-18-5-7-19(8-6-18)27-15-17-4-2-12-23(14-17)20(25)21(9-10-21)16-24-13-3-11-22-24/h3,5-8,11,13,17H,2,4,9-10,12,14-16H2,1H3/t17-/m1/s1. The number of aromatic nitrogens is 2. The number of rotatable bonds is 7. The summed E-state index contributed by atoms with van der Waals surface area (Å²) in [5, 5.41) is 4.28. The lowest BCUT2D eigenvalue weighted by atomic mass is 9.96. The first kappa shape index (κ1) is 17.9. The summed E-state index contributed by atoms with van der Waals surface area (Å²) in [4.78, 5) is 15.2. The Labute approximate surface area is 160 Å². The lowest BCUT2D eigenvalue weighted by molar-refractivity contribution is -0.139. The van der Waals surface area contributed by atoms with Crippen molar-refractivity contribution in [3.05, 3.63) is 42.7 Å². The van der Waals surface area contributed by atoms with Crippen LogP contribution in [0, 0.1) is 11.3 Å². The predicted molar refractivity (Wildman–Crippen MR) is 102 cm³/mol. The van der Waals surface area contributed by atoms with Crippen molar-refractivity contribution in [2.75, 3.05) is 26.8 Å². The third-order valence-corrected chi connectivity index (χ3v) is 5.68. The summed E-state index contributed by atoms with van der Waals surface area (Å²) in [5.41, 5.74) is -0.231. The second-order valence-electron chi connectivity index (χ2n) is 7.73. The molecule has 2 heterocycles. The fourth-order valence-corrected chi connectivity index (χ4v) is 3.90. The molecule has 1 aromatic heterocycles. The normalized spacial score (nSPS) is 20.9. The predicted octanol–water partition coefficient (Wildman–Crippen LogP) is 2.99. The van der Waals surface area contributed by atoms with Gasteiger partial charge < -0.3 is 14.4 Å². The Bertz CT molecular complexity index is 753. The Balaban J connectivity index is 1.31. The summed E-state index contributed by atoms with van der Waals surface area (Å²) in [7, 11) is 1.66. The molecule has 1 aliphatic carbocycles. The number of amides is 1. The lowest BCUT2D eigenvalue weighted by Gasteiger charge is -2.35. The zero-order valence-corrected chi connectivity index (χ0v) is 15.8. The summed E-state index contributed by atoms with van der Waals surface area (Å²) < 4.78 is 13.0. The van der Waals surface area contributed by atoms with Crippen molar-refractivity contribution in [3.8, 4) is 11.5 Å². The van der Waals surface area contributed by atoms with Gasteiger partial charge in [-0.3, -0.25) is 9.48 Å². The smallest absolute Gasteiger partial charge is 0.230 e. The highest BCUT2D eigenvalue weighted by Gasteiger charge is 2.52. The number of nitrogens with zero attached hydrogens (tertiary/aromatic N) is 3. The summed E-state index contributed by atoms with van der Waals surface area (Å²) >= 11 is 0. The van der Waals surface area contributed by atoms with Gasteiger partial charge in [-0.2, -0.15) is 5.10 Å². The largest absolute Gasteiger partial charge is 0.497 e. The molecule has 1 saturated carbocycles. The summed E-state index contributed by atoms with van der Waals surface area (Å²) in [5.74, 6) is 2.35. The van der Waals surface area contributed by atoms with Crippen molar-refractivity contribution >= 4 is 5.91 Å². The average Bonchev–Trinajstić information content (AvgIpc) is 3.31. The first-order valence-corrected chi connectivity index (χ1v) is 9.72. The van der Waals surface area contributed by atoms with Gasteiger partial charge in [0.2, 0.25) is 5.91 Å². The highest BCUT2D eigenvalue weighted by Crippen LogP contribution is 2.49. The van der Waals surface area contributed by atoms with E-state index >= 15 is 0 Å². The van der Waals surface area contributed by atoms with E-state index < -0.39 is 0 Å². The molecule has 144 valence electrons. The molecule has 6 nitrogen and oxygen atoms in total. The Hall–Kier alpha value is -2.50. The number of likely N-dealkylation sites (tertiary alicyclic amines) is 1. The number of hydrogen-bond donors (Lipinski definition) is 0. The van der Waals surface area contributed by atoms with Crippen molar-refractivity contribution < 1.29 is 14.3 Å². The molecule has 0 radical (unpaired) electrons. The minimum atomic E-state index is -0.231. The molecule has 2 fully saturated rings. The van der Waals surface area contributed by atoms with Crippen LogP contribution < -0.4 is 9.47 Å². The van der Waals surface area contributed by atoms with Crippen LogP contribution in [0.25, 0.3) is 0 Å². The number of carbonyl (C=O) groups is 1.